The average Bonchev–Trinajstić information content (AvgIpc) is 2.71. The largest absolute Gasteiger partial charge is 0.334 e. The van der Waals surface area contributed by atoms with Crippen molar-refractivity contribution in [2.75, 3.05) is 18.4 Å². The van der Waals surface area contributed by atoms with Gasteiger partial charge in [-0.3, -0.25) is 19.3 Å². The van der Waals surface area contributed by atoms with Gasteiger partial charge in [-0.15, -0.1) is 0 Å². The van der Waals surface area contributed by atoms with E-state index in [1.807, 2.05) is 6.07 Å². The molecule has 0 saturated carbocycles. The Morgan fingerprint density at radius 2 is 1.91 bits per heavy atom. The Morgan fingerprint density at radius 1 is 1.26 bits per heavy atom. The molecule has 5 amide bonds. The molecule has 1 heterocycles. The van der Waals surface area contributed by atoms with Gasteiger partial charge in [-0.05, 0) is 25.1 Å². The van der Waals surface area contributed by atoms with Crippen molar-refractivity contribution in [2.24, 2.45) is 0 Å². The lowest BCUT2D eigenvalue weighted by atomic mass is 10.2. The van der Waals surface area contributed by atoms with Crippen LogP contribution in [0.25, 0.3) is 0 Å². The summed E-state index contributed by atoms with van der Waals surface area (Å²) in [7, 11) is 0. The van der Waals surface area contributed by atoms with Crippen molar-refractivity contribution in [3.8, 4) is 6.07 Å². The number of halogens is 1. The molecule has 1 fully saturated rings. The number of amides is 5. The van der Waals surface area contributed by atoms with Crippen molar-refractivity contribution in [3.05, 3.63) is 28.8 Å². The third-order valence-electron chi connectivity index (χ3n) is 3.13. The van der Waals surface area contributed by atoms with E-state index in [2.05, 4.69) is 5.32 Å². The Bertz CT molecular complexity index is 756. The maximum absolute atomic E-state index is 11.9. The van der Waals surface area contributed by atoms with E-state index in [1.165, 1.54) is 18.2 Å². The number of carbonyl (C=O) groups excluding carboxylic acids is 4. The number of nitriles is 1. The zero-order chi connectivity index (χ0) is 17.1. The molecule has 118 valence electrons. The van der Waals surface area contributed by atoms with Crippen LogP contribution in [0.3, 0.4) is 0 Å². The highest BCUT2D eigenvalue weighted by molar-refractivity contribution is 6.45. The molecule has 0 atom stereocenters. The fourth-order valence-electron chi connectivity index (χ4n) is 2.00. The summed E-state index contributed by atoms with van der Waals surface area (Å²) in [5.74, 6) is -2.66. The first-order valence-electron chi connectivity index (χ1n) is 6.55. The Hall–Kier alpha value is -2.92. The van der Waals surface area contributed by atoms with Gasteiger partial charge in [-0.25, -0.2) is 9.69 Å². The molecule has 1 aromatic carbocycles. The molecule has 0 spiro atoms. The van der Waals surface area contributed by atoms with Crippen LogP contribution in [-0.4, -0.2) is 46.6 Å². The highest BCUT2D eigenvalue weighted by Gasteiger charge is 2.44. The second-order valence-electron chi connectivity index (χ2n) is 4.58. The predicted octanol–water partition coefficient (Wildman–Crippen LogP) is 0.961. The molecule has 23 heavy (non-hydrogen) atoms. The SMILES string of the molecule is CCN1C(=O)C(=O)N(CC(=O)Nc2ccc(C#N)c(Cl)c2)C1=O. The van der Waals surface area contributed by atoms with Crippen LogP contribution in [0.15, 0.2) is 18.2 Å². The average molecular weight is 335 g/mol. The lowest BCUT2D eigenvalue weighted by molar-refractivity contribution is -0.143. The number of urea groups is 1. The van der Waals surface area contributed by atoms with Gasteiger partial charge < -0.3 is 5.32 Å². The minimum absolute atomic E-state index is 0.0484. The van der Waals surface area contributed by atoms with Gasteiger partial charge in [0.05, 0.1) is 10.6 Å². The van der Waals surface area contributed by atoms with Gasteiger partial charge in [0.15, 0.2) is 0 Å². The number of anilines is 1. The minimum Gasteiger partial charge on any atom is -0.324 e. The number of nitrogens with zero attached hydrogens (tertiary/aromatic N) is 3. The van der Waals surface area contributed by atoms with Crippen molar-refractivity contribution in [1.82, 2.24) is 9.80 Å². The van der Waals surface area contributed by atoms with E-state index >= 15 is 0 Å². The van der Waals surface area contributed by atoms with Crippen LogP contribution in [0, 0.1) is 11.3 Å². The first kappa shape index (κ1) is 16.5. The molecule has 1 aliphatic heterocycles. The third kappa shape index (κ3) is 3.14. The van der Waals surface area contributed by atoms with E-state index in [0.29, 0.717) is 10.6 Å². The number of hydrogen-bond donors (Lipinski definition) is 1. The lowest BCUT2D eigenvalue weighted by Gasteiger charge is -2.14. The van der Waals surface area contributed by atoms with Gasteiger partial charge >= 0.3 is 17.8 Å². The summed E-state index contributed by atoms with van der Waals surface area (Å²) >= 11 is 5.84. The lowest BCUT2D eigenvalue weighted by Crippen LogP contribution is -2.38. The van der Waals surface area contributed by atoms with E-state index in [1.54, 1.807) is 6.92 Å². The molecule has 0 aromatic heterocycles. The second-order valence-corrected chi connectivity index (χ2v) is 4.99. The van der Waals surface area contributed by atoms with E-state index in [0.717, 1.165) is 4.90 Å². The predicted molar refractivity (Wildman–Crippen MR) is 79.3 cm³/mol. The quantitative estimate of drug-likeness (QED) is 0.651. The number of likely N-dealkylation sites (N-methyl/N-ethyl adjacent to an activating group) is 1. The topological polar surface area (TPSA) is 111 Å². The van der Waals surface area contributed by atoms with Crippen molar-refractivity contribution >= 4 is 41.0 Å². The highest BCUT2D eigenvalue weighted by atomic mass is 35.5. The maximum Gasteiger partial charge on any atom is 0.334 e. The minimum atomic E-state index is -1.04. The van der Waals surface area contributed by atoms with Crippen LogP contribution < -0.4 is 5.32 Å². The highest BCUT2D eigenvalue weighted by Crippen LogP contribution is 2.20. The normalized spacial score (nSPS) is 14.2. The molecular weight excluding hydrogens is 324 g/mol. The molecule has 1 N–H and O–H groups in total. The van der Waals surface area contributed by atoms with Crippen molar-refractivity contribution in [2.45, 2.75) is 6.92 Å². The summed E-state index contributed by atoms with van der Waals surface area (Å²) in [6.45, 7) is 1.01. The van der Waals surface area contributed by atoms with Crippen molar-refractivity contribution in [3.63, 3.8) is 0 Å². The summed E-state index contributed by atoms with van der Waals surface area (Å²) in [5.41, 5.74) is 0.551. The molecule has 0 aliphatic carbocycles. The number of imide groups is 2. The Labute approximate surface area is 136 Å². The molecule has 8 nitrogen and oxygen atoms in total. The van der Waals surface area contributed by atoms with E-state index < -0.39 is 30.3 Å². The maximum atomic E-state index is 11.9. The number of nitrogens with one attached hydrogen (secondary N) is 1. The molecule has 9 heteroatoms. The summed E-state index contributed by atoms with van der Waals surface area (Å²) in [5, 5.41) is 11.4. The monoisotopic (exact) mass is 334 g/mol. The van der Waals surface area contributed by atoms with E-state index in [9.17, 15) is 19.2 Å². The van der Waals surface area contributed by atoms with Crippen LogP contribution in [0.4, 0.5) is 10.5 Å². The van der Waals surface area contributed by atoms with Gasteiger partial charge in [0.1, 0.15) is 12.6 Å². The molecule has 0 radical (unpaired) electrons. The van der Waals surface area contributed by atoms with Crippen LogP contribution in [0.2, 0.25) is 5.02 Å². The third-order valence-corrected chi connectivity index (χ3v) is 3.44. The van der Waals surface area contributed by atoms with Crippen LogP contribution in [-0.2, 0) is 14.4 Å². The van der Waals surface area contributed by atoms with E-state index in [4.69, 9.17) is 16.9 Å². The Morgan fingerprint density at radius 3 is 2.43 bits per heavy atom. The van der Waals surface area contributed by atoms with Crippen molar-refractivity contribution in [1.29, 1.82) is 5.26 Å². The fourth-order valence-corrected chi connectivity index (χ4v) is 2.22. The van der Waals surface area contributed by atoms with Crippen LogP contribution >= 0.6 is 11.6 Å². The summed E-state index contributed by atoms with van der Waals surface area (Å²) in [4.78, 5) is 48.4. The molecule has 0 bridgehead atoms. The standard InChI is InChI=1S/C14H11ClN4O4/c1-2-18-12(21)13(22)19(14(18)23)7-11(20)17-9-4-3-8(6-16)10(15)5-9/h3-5H,2,7H2,1H3,(H,17,20). The zero-order valence-electron chi connectivity index (χ0n) is 12.0. The van der Waals surface area contributed by atoms with E-state index in [-0.39, 0.29) is 17.1 Å². The Balaban J connectivity index is 2.07. The number of rotatable bonds is 4. The smallest absolute Gasteiger partial charge is 0.324 e. The van der Waals surface area contributed by atoms with Gasteiger partial charge in [0, 0.05) is 12.2 Å². The summed E-state index contributed by atoms with van der Waals surface area (Å²) in [6, 6.07) is 5.30. The van der Waals surface area contributed by atoms with Gasteiger partial charge in [-0.1, -0.05) is 11.6 Å². The molecular formula is C14H11ClN4O4. The number of carbonyl (C=O) groups is 4. The molecule has 1 aromatic rings. The molecule has 0 unspecified atom stereocenters. The van der Waals surface area contributed by atoms with Gasteiger partial charge in [0.2, 0.25) is 5.91 Å². The molecule has 1 saturated heterocycles. The molecule has 2 rings (SSSR count). The molecule has 1 aliphatic rings. The summed E-state index contributed by atoms with van der Waals surface area (Å²) in [6.07, 6.45) is 0. The number of benzene rings is 1. The summed E-state index contributed by atoms with van der Waals surface area (Å²) < 4.78 is 0. The number of hydrogen-bond acceptors (Lipinski definition) is 5. The van der Waals surface area contributed by atoms with Crippen molar-refractivity contribution < 1.29 is 19.2 Å². The van der Waals surface area contributed by atoms with Gasteiger partial charge in [0.25, 0.3) is 0 Å². The fraction of sp³-hybridized carbons (Fsp3) is 0.214. The first-order chi connectivity index (χ1) is 10.9. The first-order valence-corrected chi connectivity index (χ1v) is 6.93. The zero-order valence-corrected chi connectivity index (χ0v) is 12.8. The van der Waals surface area contributed by atoms with Gasteiger partial charge in [-0.2, -0.15) is 5.26 Å². The second kappa shape index (κ2) is 6.46. The Kier molecular flexibility index (Phi) is 4.62. The van der Waals surface area contributed by atoms with Crippen LogP contribution in [0.5, 0.6) is 0 Å². The van der Waals surface area contributed by atoms with Crippen LogP contribution in [0.1, 0.15) is 12.5 Å².